The Bertz CT molecular complexity index is 573. The van der Waals surface area contributed by atoms with E-state index >= 15 is 0 Å². The Morgan fingerprint density at radius 3 is 2.37 bits per heavy atom. The monoisotopic (exact) mass is 254 g/mol. The van der Waals surface area contributed by atoms with Crippen LogP contribution in [0.25, 0.3) is 5.76 Å². The van der Waals surface area contributed by atoms with E-state index < -0.39 is 0 Å². The van der Waals surface area contributed by atoms with Crippen molar-refractivity contribution in [2.75, 3.05) is 7.11 Å². The highest BCUT2D eigenvalue weighted by Crippen LogP contribution is 2.33. The first-order valence-corrected chi connectivity index (χ1v) is 6.08. The Balaban J connectivity index is 1.73. The van der Waals surface area contributed by atoms with Gasteiger partial charge in [-0.3, -0.25) is 0 Å². The molecule has 19 heavy (non-hydrogen) atoms. The lowest BCUT2D eigenvalue weighted by atomic mass is 10.2. The van der Waals surface area contributed by atoms with E-state index in [1.165, 1.54) is 0 Å². The number of benzene rings is 2. The van der Waals surface area contributed by atoms with Gasteiger partial charge in [0, 0.05) is 11.1 Å². The molecular weight excluding hydrogens is 240 g/mol. The van der Waals surface area contributed by atoms with Crippen molar-refractivity contribution in [3.8, 4) is 5.75 Å². The quantitative estimate of drug-likeness (QED) is 0.835. The van der Waals surface area contributed by atoms with Crippen molar-refractivity contribution in [3.05, 3.63) is 72.0 Å². The minimum atomic E-state index is -0.388. The van der Waals surface area contributed by atoms with Crippen LogP contribution in [0.2, 0.25) is 0 Å². The molecule has 1 unspecified atom stereocenters. The van der Waals surface area contributed by atoms with Crippen LogP contribution in [0.4, 0.5) is 0 Å². The zero-order chi connectivity index (χ0) is 13.1. The molecule has 0 saturated heterocycles. The van der Waals surface area contributed by atoms with Gasteiger partial charge in [-0.2, -0.15) is 0 Å². The Morgan fingerprint density at radius 2 is 1.68 bits per heavy atom. The minimum Gasteiger partial charge on any atom is -0.497 e. The van der Waals surface area contributed by atoms with Gasteiger partial charge in [0.15, 0.2) is 5.76 Å². The molecule has 0 N–H and O–H groups in total. The first kappa shape index (κ1) is 11.7. The van der Waals surface area contributed by atoms with Crippen molar-refractivity contribution >= 4 is 5.76 Å². The summed E-state index contributed by atoms with van der Waals surface area (Å²) in [4.78, 5) is 0. The summed E-state index contributed by atoms with van der Waals surface area (Å²) in [6.45, 7) is 0. The van der Waals surface area contributed by atoms with Gasteiger partial charge in [-0.25, -0.2) is 0 Å². The van der Waals surface area contributed by atoms with Crippen molar-refractivity contribution < 1.29 is 14.2 Å². The predicted octanol–water partition coefficient (Wildman–Crippen LogP) is 3.74. The van der Waals surface area contributed by atoms with E-state index in [4.69, 9.17) is 14.2 Å². The highest BCUT2D eigenvalue weighted by Gasteiger charge is 2.22. The fraction of sp³-hybridized carbons (Fsp3) is 0.125. The number of hydrogen-bond donors (Lipinski definition) is 0. The summed E-state index contributed by atoms with van der Waals surface area (Å²) in [7, 11) is 1.65. The maximum atomic E-state index is 5.81. The third-order valence-corrected chi connectivity index (χ3v) is 2.98. The van der Waals surface area contributed by atoms with Gasteiger partial charge in [0.25, 0.3) is 6.29 Å². The average Bonchev–Trinajstić information content (AvgIpc) is 2.98. The van der Waals surface area contributed by atoms with Gasteiger partial charge >= 0.3 is 0 Å². The van der Waals surface area contributed by atoms with Crippen LogP contribution in [0.3, 0.4) is 0 Å². The molecule has 96 valence electrons. The van der Waals surface area contributed by atoms with Gasteiger partial charge in [-0.15, -0.1) is 0 Å². The van der Waals surface area contributed by atoms with Crippen molar-refractivity contribution in [2.45, 2.75) is 6.29 Å². The van der Waals surface area contributed by atoms with Gasteiger partial charge < -0.3 is 14.2 Å². The standard InChI is InChI=1S/C16H14O3/c1-17-14-9-7-13(8-10-14)16-18-11-15(19-16)12-5-3-2-4-6-12/h2-11,16H,1H3. The Hall–Kier alpha value is -2.42. The van der Waals surface area contributed by atoms with Gasteiger partial charge in [-0.05, 0) is 24.3 Å². The first-order chi connectivity index (χ1) is 9.36. The normalized spacial score (nSPS) is 17.3. The lowest BCUT2D eigenvalue weighted by molar-refractivity contribution is -0.0171. The molecule has 0 aromatic heterocycles. The van der Waals surface area contributed by atoms with Gasteiger partial charge in [0.1, 0.15) is 12.0 Å². The second kappa shape index (κ2) is 5.06. The average molecular weight is 254 g/mol. The van der Waals surface area contributed by atoms with Crippen LogP contribution in [-0.2, 0) is 9.47 Å². The molecule has 3 rings (SSSR count). The predicted molar refractivity (Wildman–Crippen MR) is 72.3 cm³/mol. The molecule has 3 heteroatoms. The molecule has 0 fully saturated rings. The van der Waals surface area contributed by atoms with E-state index in [9.17, 15) is 0 Å². The lowest BCUT2D eigenvalue weighted by Gasteiger charge is -2.12. The van der Waals surface area contributed by atoms with Gasteiger partial charge in [0.2, 0.25) is 0 Å². The molecule has 0 amide bonds. The number of methoxy groups -OCH3 is 1. The summed E-state index contributed by atoms with van der Waals surface area (Å²) in [5.74, 6) is 1.57. The van der Waals surface area contributed by atoms with Crippen molar-refractivity contribution in [1.82, 2.24) is 0 Å². The molecule has 1 atom stereocenters. The summed E-state index contributed by atoms with van der Waals surface area (Å²) in [5.41, 5.74) is 1.97. The zero-order valence-electron chi connectivity index (χ0n) is 10.6. The molecule has 1 aliphatic heterocycles. The van der Waals surface area contributed by atoms with E-state index in [2.05, 4.69) is 0 Å². The Morgan fingerprint density at radius 1 is 0.947 bits per heavy atom. The minimum absolute atomic E-state index is 0.388. The van der Waals surface area contributed by atoms with E-state index in [0.29, 0.717) is 0 Å². The van der Waals surface area contributed by atoms with Crippen LogP contribution in [0, 0.1) is 0 Å². The van der Waals surface area contributed by atoms with Crippen LogP contribution in [0.5, 0.6) is 5.75 Å². The number of hydrogen-bond acceptors (Lipinski definition) is 3. The molecule has 0 spiro atoms. The van der Waals surface area contributed by atoms with E-state index in [-0.39, 0.29) is 6.29 Å². The molecule has 2 aromatic rings. The van der Waals surface area contributed by atoms with Crippen molar-refractivity contribution in [1.29, 1.82) is 0 Å². The lowest BCUT2D eigenvalue weighted by Crippen LogP contribution is -1.99. The summed E-state index contributed by atoms with van der Waals surface area (Å²) in [5, 5.41) is 0. The molecule has 3 nitrogen and oxygen atoms in total. The summed E-state index contributed by atoms with van der Waals surface area (Å²) >= 11 is 0. The van der Waals surface area contributed by atoms with E-state index in [1.54, 1.807) is 13.4 Å². The van der Waals surface area contributed by atoms with Crippen LogP contribution in [0.1, 0.15) is 17.4 Å². The largest absolute Gasteiger partial charge is 0.497 e. The second-order valence-corrected chi connectivity index (χ2v) is 4.21. The fourth-order valence-corrected chi connectivity index (χ4v) is 1.94. The molecule has 2 aromatic carbocycles. The number of rotatable bonds is 3. The van der Waals surface area contributed by atoms with E-state index in [1.807, 2.05) is 54.6 Å². The van der Waals surface area contributed by atoms with Crippen molar-refractivity contribution in [2.24, 2.45) is 0 Å². The smallest absolute Gasteiger partial charge is 0.267 e. The summed E-state index contributed by atoms with van der Waals surface area (Å²) in [6.07, 6.45) is 1.27. The molecule has 0 saturated carbocycles. The maximum absolute atomic E-state index is 5.81. The number of ether oxygens (including phenoxy) is 3. The van der Waals surface area contributed by atoms with Crippen LogP contribution < -0.4 is 4.74 Å². The van der Waals surface area contributed by atoms with Crippen molar-refractivity contribution in [3.63, 3.8) is 0 Å². The molecule has 0 bridgehead atoms. The third-order valence-electron chi connectivity index (χ3n) is 2.98. The summed E-state index contributed by atoms with van der Waals surface area (Å²) < 4.78 is 16.5. The zero-order valence-corrected chi connectivity index (χ0v) is 10.6. The first-order valence-electron chi connectivity index (χ1n) is 6.08. The molecule has 0 radical (unpaired) electrons. The topological polar surface area (TPSA) is 27.7 Å². The van der Waals surface area contributed by atoms with Gasteiger partial charge in [0.05, 0.1) is 7.11 Å². The molecule has 0 aliphatic carbocycles. The SMILES string of the molecule is COc1ccc(C2OC=C(c3ccccc3)O2)cc1. The van der Waals surface area contributed by atoms with E-state index in [0.717, 1.165) is 22.6 Å². The molecule has 1 aliphatic rings. The Labute approximate surface area is 112 Å². The maximum Gasteiger partial charge on any atom is 0.267 e. The second-order valence-electron chi connectivity index (χ2n) is 4.21. The third kappa shape index (κ3) is 2.40. The van der Waals surface area contributed by atoms with Gasteiger partial charge in [-0.1, -0.05) is 30.3 Å². The van der Waals surface area contributed by atoms with Crippen LogP contribution in [-0.4, -0.2) is 7.11 Å². The van der Waals surface area contributed by atoms with Crippen LogP contribution in [0.15, 0.2) is 60.9 Å². The fourth-order valence-electron chi connectivity index (χ4n) is 1.94. The summed E-state index contributed by atoms with van der Waals surface area (Å²) in [6, 6.07) is 17.6. The van der Waals surface area contributed by atoms with Crippen LogP contribution >= 0.6 is 0 Å². The highest BCUT2D eigenvalue weighted by atomic mass is 16.7. The molecular formula is C16H14O3. The highest BCUT2D eigenvalue weighted by molar-refractivity contribution is 5.59. The molecule has 1 heterocycles. The Kier molecular flexibility index (Phi) is 3.11.